The molecule has 4 rings (SSSR count). The number of pyridine rings is 1. The molecule has 2 unspecified atom stereocenters. The van der Waals surface area contributed by atoms with Crippen molar-refractivity contribution in [2.75, 3.05) is 0 Å². The Morgan fingerprint density at radius 1 is 1.16 bits per heavy atom. The van der Waals surface area contributed by atoms with Gasteiger partial charge in [0.1, 0.15) is 5.15 Å². The van der Waals surface area contributed by atoms with Crippen molar-refractivity contribution >= 4 is 28.3 Å². The number of rotatable bonds is 1. The van der Waals surface area contributed by atoms with E-state index in [9.17, 15) is 13.2 Å². The summed E-state index contributed by atoms with van der Waals surface area (Å²) in [5.41, 5.74) is 2.15. The fourth-order valence-electron chi connectivity index (χ4n) is 3.10. The first kappa shape index (κ1) is 16.1. The van der Waals surface area contributed by atoms with Gasteiger partial charge in [-0.15, -0.1) is 0 Å². The molecule has 1 aliphatic carbocycles. The minimum absolute atomic E-state index is 0.0346. The van der Waals surface area contributed by atoms with Crippen LogP contribution in [0, 0.1) is 12.8 Å². The smallest absolute Gasteiger partial charge is 0.236 e. The molecule has 0 aliphatic heterocycles. The second-order valence-corrected chi connectivity index (χ2v) is 6.32. The lowest BCUT2D eigenvalue weighted by Crippen LogP contribution is -2.28. The van der Waals surface area contributed by atoms with Crippen LogP contribution in [-0.4, -0.2) is 25.8 Å². The molecular weight excluding hydrogens is 353 g/mol. The van der Waals surface area contributed by atoms with Crippen molar-refractivity contribution in [2.45, 2.75) is 19.0 Å². The highest BCUT2D eigenvalue weighted by atomic mass is 35.5. The fourth-order valence-corrected chi connectivity index (χ4v) is 3.36. The molecule has 3 aromatic rings. The summed E-state index contributed by atoms with van der Waals surface area (Å²) < 4.78 is 41.6. The molecule has 1 aliphatic rings. The zero-order valence-electron chi connectivity index (χ0n) is 13.0. The Labute approximate surface area is 145 Å². The Bertz CT molecular complexity index is 1040. The highest BCUT2D eigenvalue weighted by Gasteiger charge is 2.44. The lowest BCUT2D eigenvalue weighted by Gasteiger charge is -2.27. The van der Waals surface area contributed by atoms with Crippen LogP contribution in [0.2, 0.25) is 5.15 Å². The van der Waals surface area contributed by atoms with Gasteiger partial charge in [0.25, 0.3) is 0 Å². The molecule has 0 saturated carbocycles. The summed E-state index contributed by atoms with van der Waals surface area (Å²) in [4.78, 5) is 8.59. The summed E-state index contributed by atoms with van der Waals surface area (Å²) in [5.74, 6) is -2.57. The number of aryl methyl sites for hydroxylation is 1. The number of aromatic nitrogens is 4. The number of alkyl halides is 3. The molecule has 0 fully saturated rings. The third kappa shape index (κ3) is 2.68. The third-order valence-corrected chi connectivity index (χ3v) is 4.54. The number of hydrogen-bond donors (Lipinski definition) is 0. The Kier molecular flexibility index (Phi) is 3.57. The predicted molar refractivity (Wildman–Crippen MR) is 88.6 cm³/mol. The molecule has 4 nitrogen and oxygen atoms in total. The topological polar surface area (TPSA) is 43.1 Å². The molecule has 0 bridgehead atoms. The SMILES string of the molecule is Cc1cc2ncc3cc(C4C=CC=CC4C(F)(F)F)c(Cl)nc3n2n1. The zero-order chi connectivity index (χ0) is 17.8. The maximum Gasteiger partial charge on any atom is 0.396 e. The van der Waals surface area contributed by atoms with E-state index in [4.69, 9.17) is 11.6 Å². The summed E-state index contributed by atoms with van der Waals surface area (Å²) in [5, 5.41) is 4.92. The quantitative estimate of drug-likeness (QED) is 0.591. The van der Waals surface area contributed by atoms with Crippen LogP contribution < -0.4 is 0 Å². The second-order valence-electron chi connectivity index (χ2n) is 5.96. The average molecular weight is 365 g/mol. The molecule has 0 saturated heterocycles. The molecular formula is C17H12ClF3N4. The molecule has 2 atom stereocenters. The van der Waals surface area contributed by atoms with Crippen molar-refractivity contribution in [3.05, 3.63) is 59.0 Å². The fraction of sp³-hybridized carbons (Fsp3) is 0.235. The van der Waals surface area contributed by atoms with E-state index in [0.717, 1.165) is 11.8 Å². The monoisotopic (exact) mass is 364 g/mol. The van der Waals surface area contributed by atoms with Gasteiger partial charge in [0.15, 0.2) is 11.3 Å². The number of fused-ring (bicyclic) bond motifs is 3. The normalized spacial score (nSPS) is 20.7. The van der Waals surface area contributed by atoms with Gasteiger partial charge in [-0.3, -0.25) is 0 Å². The number of nitrogens with zero attached hydrogens (tertiary/aromatic N) is 4. The number of halogens is 4. The molecule has 0 amide bonds. The maximum atomic E-state index is 13.4. The largest absolute Gasteiger partial charge is 0.396 e. The lowest BCUT2D eigenvalue weighted by molar-refractivity contribution is -0.164. The summed E-state index contributed by atoms with van der Waals surface area (Å²) >= 11 is 6.26. The van der Waals surface area contributed by atoms with E-state index in [1.165, 1.54) is 16.7 Å². The van der Waals surface area contributed by atoms with Crippen LogP contribution in [-0.2, 0) is 0 Å². The first-order chi connectivity index (χ1) is 11.8. The summed E-state index contributed by atoms with van der Waals surface area (Å²) in [6.45, 7) is 1.82. The second kappa shape index (κ2) is 5.56. The number of hydrogen-bond acceptors (Lipinski definition) is 3. The van der Waals surface area contributed by atoms with Crippen LogP contribution >= 0.6 is 11.6 Å². The molecule has 0 aromatic carbocycles. The van der Waals surface area contributed by atoms with Gasteiger partial charge in [-0.05, 0) is 18.6 Å². The van der Waals surface area contributed by atoms with Crippen molar-refractivity contribution in [1.82, 2.24) is 19.6 Å². The molecule has 25 heavy (non-hydrogen) atoms. The summed E-state index contributed by atoms with van der Waals surface area (Å²) in [6.07, 6.45) is 2.83. The van der Waals surface area contributed by atoms with E-state index in [0.29, 0.717) is 22.2 Å². The van der Waals surface area contributed by atoms with Crippen molar-refractivity contribution in [3.8, 4) is 0 Å². The summed E-state index contributed by atoms with van der Waals surface area (Å²) in [6, 6.07) is 3.40. The van der Waals surface area contributed by atoms with Crippen LogP contribution in [0.15, 0.2) is 42.6 Å². The van der Waals surface area contributed by atoms with Crippen LogP contribution in [0.3, 0.4) is 0 Å². The van der Waals surface area contributed by atoms with Crippen molar-refractivity contribution < 1.29 is 13.2 Å². The van der Waals surface area contributed by atoms with E-state index in [1.54, 1.807) is 24.4 Å². The first-order valence-electron chi connectivity index (χ1n) is 7.58. The van der Waals surface area contributed by atoms with Gasteiger partial charge in [-0.2, -0.15) is 22.8 Å². The Balaban J connectivity index is 1.90. The van der Waals surface area contributed by atoms with E-state index in [-0.39, 0.29) is 5.15 Å². The molecule has 128 valence electrons. The molecule has 0 spiro atoms. The minimum Gasteiger partial charge on any atom is -0.236 e. The van der Waals surface area contributed by atoms with Crippen LogP contribution in [0.1, 0.15) is 17.2 Å². The zero-order valence-corrected chi connectivity index (χ0v) is 13.8. The van der Waals surface area contributed by atoms with E-state index in [2.05, 4.69) is 15.1 Å². The van der Waals surface area contributed by atoms with Gasteiger partial charge < -0.3 is 0 Å². The van der Waals surface area contributed by atoms with Crippen LogP contribution in [0.25, 0.3) is 16.7 Å². The highest BCUT2D eigenvalue weighted by molar-refractivity contribution is 6.30. The Morgan fingerprint density at radius 2 is 1.92 bits per heavy atom. The van der Waals surface area contributed by atoms with E-state index in [1.807, 2.05) is 6.92 Å². The summed E-state index contributed by atoms with van der Waals surface area (Å²) in [7, 11) is 0. The average Bonchev–Trinajstić information content (AvgIpc) is 2.94. The van der Waals surface area contributed by atoms with Crippen molar-refractivity contribution in [3.63, 3.8) is 0 Å². The van der Waals surface area contributed by atoms with Gasteiger partial charge in [0, 0.05) is 23.6 Å². The molecule has 0 radical (unpaired) electrons. The van der Waals surface area contributed by atoms with Crippen molar-refractivity contribution in [1.29, 1.82) is 0 Å². The van der Waals surface area contributed by atoms with Crippen molar-refractivity contribution in [2.24, 2.45) is 5.92 Å². The van der Waals surface area contributed by atoms with Gasteiger partial charge in [-0.1, -0.05) is 35.9 Å². The van der Waals surface area contributed by atoms with Gasteiger partial charge in [0.2, 0.25) is 0 Å². The standard InChI is InChI=1S/C17H12ClF3N4/c1-9-6-14-22-8-10-7-12(15(18)23-16(10)25(14)24-9)11-4-2-3-5-13(11)17(19,20)21/h2-8,11,13H,1H3. The van der Waals surface area contributed by atoms with Crippen LogP contribution in [0.4, 0.5) is 13.2 Å². The molecule has 0 N–H and O–H groups in total. The molecule has 3 aromatic heterocycles. The highest BCUT2D eigenvalue weighted by Crippen LogP contribution is 2.43. The lowest BCUT2D eigenvalue weighted by atomic mass is 9.83. The van der Waals surface area contributed by atoms with Crippen LogP contribution in [0.5, 0.6) is 0 Å². The Hall–Kier alpha value is -2.41. The first-order valence-corrected chi connectivity index (χ1v) is 7.95. The number of allylic oxidation sites excluding steroid dienone is 4. The predicted octanol–water partition coefficient (Wildman–Crippen LogP) is 4.63. The molecule has 8 heteroatoms. The minimum atomic E-state index is -4.37. The van der Waals surface area contributed by atoms with Gasteiger partial charge in [-0.25, -0.2) is 9.97 Å². The third-order valence-electron chi connectivity index (χ3n) is 4.23. The molecule has 3 heterocycles. The Morgan fingerprint density at radius 3 is 2.68 bits per heavy atom. The maximum absolute atomic E-state index is 13.4. The van der Waals surface area contributed by atoms with Gasteiger partial charge >= 0.3 is 6.18 Å². The van der Waals surface area contributed by atoms with E-state index < -0.39 is 18.0 Å². The van der Waals surface area contributed by atoms with E-state index >= 15 is 0 Å². The van der Waals surface area contributed by atoms with Gasteiger partial charge in [0.05, 0.1) is 11.6 Å².